The predicted octanol–water partition coefficient (Wildman–Crippen LogP) is 20.0. The van der Waals surface area contributed by atoms with Crippen molar-refractivity contribution in [1.29, 1.82) is 0 Å². The summed E-state index contributed by atoms with van der Waals surface area (Å²) in [4.78, 5) is 37.7. The maximum Gasteiger partial charge on any atom is 0.306 e. The summed E-state index contributed by atoms with van der Waals surface area (Å²) in [6.07, 6.45) is 72.9. The zero-order valence-corrected chi connectivity index (χ0v) is 45.8. The number of unbranched alkanes of at least 4 members (excludes halogenated alkanes) is 33. The van der Waals surface area contributed by atoms with Crippen LogP contribution >= 0.6 is 0 Å². The van der Waals surface area contributed by atoms with Crippen LogP contribution in [0.2, 0.25) is 0 Å². The third kappa shape index (κ3) is 55.9. The summed E-state index contributed by atoms with van der Waals surface area (Å²) < 4.78 is 16.7. The molecule has 0 rings (SSSR count). The van der Waals surface area contributed by atoms with Gasteiger partial charge in [0.25, 0.3) is 0 Å². The van der Waals surface area contributed by atoms with Gasteiger partial charge in [0.05, 0.1) is 0 Å². The number of hydrogen-bond donors (Lipinski definition) is 0. The fourth-order valence-electron chi connectivity index (χ4n) is 8.49. The van der Waals surface area contributed by atoms with Gasteiger partial charge in [0.15, 0.2) is 6.10 Å². The van der Waals surface area contributed by atoms with Crippen molar-refractivity contribution in [2.24, 2.45) is 0 Å². The zero-order chi connectivity index (χ0) is 50.0. The van der Waals surface area contributed by atoms with Crippen molar-refractivity contribution in [1.82, 2.24) is 0 Å². The van der Waals surface area contributed by atoms with E-state index >= 15 is 0 Å². The van der Waals surface area contributed by atoms with Gasteiger partial charge in [0, 0.05) is 19.3 Å². The third-order valence-electron chi connectivity index (χ3n) is 13.0. The Kier molecular flexibility index (Phi) is 55.3. The fourth-order valence-corrected chi connectivity index (χ4v) is 8.49. The first-order chi connectivity index (χ1) is 34.0. The number of hydrogen-bond acceptors (Lipinski definition) is 6. The molecule has 0 radical (unpaired) electrons. The van der Waals surface area contributed by atoms with Gasteiger partial charge in [0.1, 0.15) is 13.2 Å². The molecule has 0 aromatic carbocycles. The summed E-state index contributed by atoms with van der Waals surface area (Å²) in [5.41, 5.74) is 0. The number of carbonyl (C=O) groups excluding carboxylic acids is 3. The van der Waals surface area contributed by atoms with E-state index in [4.69, 9.17) is 14.2 Å². The van der Waals surface area contributed by atoms with Crippen molar-refractivity contribution in [3.63, 3.8) is 0 Å². The summed E-state index contributed by atoms with van der Waals surface area (Å²) in [5, 5.41) is 0. The fraction of sp³-hybridized carbons (Fsp3) is 0.794. The maximum atomic E-state index is 12.7. The van der Waals surface area contributed by atoms with E-state index in [0.717, 1.165) is 109 Å². The molecule has 0 saturated heterocycles. The first-order valence-electron chi connectivity index (χ1n) is 29.8. The maximum absolute atomic E-state index is 12.7. The van der Waals surface area contributed by atoms with Gasteiger partial charge in [-0.15, -0.1) is 0 Å². The Morgan fingerprint density at radius 1 is 0.290 bits per heavy atom. The summed E-state index contributed by atoms with van der Waals surface area (Å²) in [5.74, 6) is -0.898. The summed E-state index contributed by atoms with van der Waals surface area (Å²) in [6.45, 7) is 6.48. The average Bonchev–Trinajstić information content (AvgIpc) is 3.35. The van der Waals surface area contributed by atoms with E-state index in [2.05, 4.69) is 81.5 Å². The van der Waals surface area contributed by atoms with Crippen LogP contribution in [0.15, 0.2) is 60.8 Å². The van der Waals surface area contributed by atoms with Crippen LogP contribution in [0.3, 0.4) is 0 Å². The van der Waals surface area contributed by atoms with Gasteiger partial charge in [-0.3, -0.25) is 14.4 Å². The molecule has 0 spiro atoms. The molecule has 400 valence electrons. The van der Waals surface area contributed by atoms with Crippen LogP contribution < -0.4 is 0 Å². The molecule has 0 aromatic rings. The van der Waals surface area contributed by atoms with Crippen molar-refractivity contribution >= 4 is 17.9 Å². The Morgan fingerprint density at radius 2 is 0.551 bits per heavy atom. The normalized spacial score (nSPS) is 12.4. The lowest BCUT2D eigenvalue weighted by Crippen LogP contribution is -2.30. The molecule has 0 aromatic heterocycles. The van der Waals surface area contributed by atoms with E-state index in [-0.39, 0.29) is 31.1 Å². The molecule has 0 aliphatic carbocycles. The third-order valence-corrected chi connectivity index (χ3v) is 13.0. The molecule has 69 heavy (non-hydrogen) atoms. The van der Waals surface area contributed by atoms with Gasteiger partial charge in [0.2, 0.25) is 0 Å². The lowest BCUT2D eigenvalue weighted by Gasteiger charge is -2.18. The van der Waals surface area contributed by atoms with Crippen LogP contribution in [-0.2, 0) is 28.6 Å². The summed E-state index contributed by atoms with van der Waals surface area (Å²) in [6, 6.07) is 0. The molecular weight excluding hydrogens is 853 g/mol. The molecule has 0 aliphatic heterocycles. The molecule has 1 unspecified atom stereocenters. The van der Waals surface area contributed by atoms with Gasteiger partial charge in [-0.05, 0) is 83.5 Å². The number of esters is 3. The van der Waals surface area contributed by atoms with Gasteiger partial charge in [-0.1, -0.05) is 261 Å². The molecule has 1 atom stereocenters. The van der Waals surface area contributed by atoms with Crippen molar-refractivity contribution in [3.8, 4) is 0 Å². The van der Waals surface area contributed by atoms with E-state index in [1.807, 2.05) is 0 Å². The largest absolute Gasteiger partial charge is 0.462 e. The highest BCUT2D eigenvalue weighted by Gasteiger charge is 2.19. The van der Waals surface area contributed by atoms with Crippen molar-refractivity contribution in [2.45, 2.75) is 309 Å². The van der Waals surface area contributed by atoms with E-state index < -0.39 is 6.10 Å². The van der Waals surface area contributed by atoms with Crippen molar-refractivity contribution in [3.05, 3.63) is 60.8 Å². The molecule has 0 amide bonds. The SMILES string of the molecule is CCC/C=C\C/C=C\CCCCCCCC(=O)OC(COC(=O)CCCCCCC)COC(=O)CCCCCCCCCCCCCCCCCCCC/C=C\C/C=C\C/C=C\CCCCCCC. The topological polar surface area (TPSA) is 78.9 Å². The Bertz CT molecular complexity index is 1250. The Balaban J connectivity index is 3.90. The Labute approximate surface area is 428 Å². The van der Waals surface area contributed by atoms with Crippen LogP contribution in [0, 0.1) is 0 Å². The van der Waals surface area contributed by atoms with Crippen molar-refractivity contribution < 1.29 is 28.6 Å². The second-order valence-corrected chi connectivity index (χ2v) is 19.9. The van der Waals surface area contributed by atoms with Gasteiger partial charge in [-0.25, -0.2) is 0 Å². The molecular formula is C63H112O6. The van der Waals surface area contributed by atoms with Crippen molar-refractivity contribution in [2.75, 3.05) is 13.2 Å². The van der Waals surface area contributed by atoms with E-state index in [1.165, 1.54) is 154 Å². The Morgan fingerprint density at radius 3 is 0.870 bits per heavy atom. The van der Waals surface area contributed by atoms with E-state index in [0.29, 0.717) is 19.3 Å². The number of rotatable bonds is 54. The zero-order valence-electron chi connectivity index (χ0n) is 45.8. The van der Waals surface area contributed by atoms with Gasteiger partial charge < -0.3 is 14.2 Å². The molecule has 0 N–H and O–H groups in total. The molecule has 0 fully saturated rings. The Hall–Kier alpha value is -2.89. The predicted molar refractivity (Wildman–Crippen MR) is 298 cm³/mol. The minimum atomic E-state index is -0.775. The first kappa shape index (κ1) is 66.1. The van der Waals surface area contributed by atoms with Crippen LogP contribution in [0.4, 0.5) is 0 Å². The van der Waals surface area contributed by atoms with Crippen LogP contribution in [0.25, 0.3) is 0 Å². The monoisotopic (exact) mass is 965 g/mol. The highest BCUT2D eigenvalue weighted by atomic mass is 16.6. The summed E-state index contributed by atoms with van der Waals surface area (Å²) in [7, 11) is 0. The lowest BCUT2D eigenvalue weighted by atomic mass is 10.0. The van der Waals surface area contributed by atoms with Crippen LogP contribution in [0.5, 0.6) is 0 Å². The quantitative estimate of drug-likeness (QED) is 0.0262. The average molecular weight is 966 g/mol. The highest BCUT2D eigenvalue weighted by molar-refractivity contribution is 5.71. The minimum absolute atomic E-state index is 0.0776. The number of allylic oxidation sites excluding steroid dienone is 10. The van der Waals surface area contributed by atoms with Crippen LogP contribution in [-0.4, -0.2) is 37.2 Å². The van der Waals surface area contributed by atoms with Gasteiger partial charge >= 0.3 is 17.9 Å². The molecule has 6 heteroatoms. The number of ether oxygens (including phenoxy) is 3. The lowest BCUT2D eigenvalue weighted by molar-refractivity contribution is -0.167. The molecule has 0 heterocycles. The van der Waals surface area contributed by atoms with Gasteiger partial charge in [-0.2, -0.15) is 0 Å². The van der Waals surface area contributed by atoms with E-state index in [9.17, 15) is 14.4 Å². The molecule has 6 nitrogen and oxygen atoms in total. The molecule has 0 bridgehead atoms. The number of carbonyl (C=O) groups is 3. The molecule has 0 saturated carbocycles. The smallest absolute Gasteiger partial charge is 0.306 e. The first-order valence-corrected chi connectivity index (χ1v) is 29.8. The second kappa shape index (κ2) is 57.7. The highest BCUT2D eigenvalue weighted by Crippen LogP contribution is 2.16. The second-order valence-electron chi connectivity index (χ2n) is 19.9. The van der Waals surface area contributed by atoms with E-state index in [1.54, 1.807) is 0 Å². The van der Waals surface area contributed by atoms with Crippen LogP contribution in [0.1, 0.15) is 303 Å². The molecule has 0 aliphatic rings. The standard InChI is InChI=1S/C63H112O6/c1-4-7-10-13-15-17-19-21-22-23-24-25-26-27-28-29-30-31-32-33-34-35-36-37-38-39-40-42-43-45-47-50-53-56-62(65)68-59-60(58-67-61(64)55-52-49-12-9-6-3)69-63(66)57-54-51-48-46-44-41-20-18-16-14-11-8-5-2/h11,14,18-21,23-24,26-27,60H,4-10,12-13,15-17,22,25,28-59H2,1-3H3/b14-11-,20-18-,21-19-,24-23-,27-26-. The summed E-state index contributed by atoms with van der Waals surface area (Å²) >= 11 is 0. The minimum Gasteiger partial charge on any atom is -0.462 e.